The lowest BCUT2D eigenvalue weighted by Gasteiger charge is -2.30. The zero-order valence-electron chi connectivity index (χ0n) is 17.5. The molecule has 2 rings (SSSR count). The number of carbonyl (C=O) groups excluding carboxylic acids is 4. The van der Waals surface area contributed by atoms with Crippen LogP contribution >= 0.6 is 0 Å². The van der Waals surface area contributed by atoms with Crippen molar-refractivity contribution < 1.29 is 23.9 Å². The number of rotatable bonds is 5. The maximum absolute atomic E-state index is 13.1. The number of hydrogen-bond donors (Lipinski definition) is 1. The Morgan fingerprint density at radius 2 is 1.82 bits per heavy atom. The first-order valence-corrected chi connectivity index (χ1v) is 9.16. The van der Waals surface area contributed by atoms with Crippen molar-refractivity contribution in [2.75, 3.05) is 12.4 Å². The number of anilines is 1. The zero-order valence-corrected chi connectivity index (χ0v) is 17.5. The average molecular weight is 388 g/mol. The van der Waals surface area contributed by atoms with Crippen molar-refractivity contribution in [2.24, 2.45) is 10.8 Å². The zero-order chi connectivity index (χ0) is 21.4. The van der Waals surface area contributed by atoms with Crippen molar-refractivity contribution >= 4 is 29.2 Å². The van der Waals surface area contributed by atoms with Crippen LogP contribution in [0.3, 0.4) is 0 Å². The van der Waals surface area contributed by atoms with E-state index >= 15 is 0 Å². The molecule has 7 heteroatoms. The van der Waals surface area contributed by atoms with Crippen LogP contribution in [0.2, 0.25) is 0 Å². The molecule has 1 fully saturated rings. The molecule has 0 saturated carbocycles. The largest absolute Gasteiger partial charge is 0.495 e. The molecule has 1 aliphatic rings. The van der Waals surface area contributed by atoms with Crippen LogP contribution in [0.4, 0.5) is 5.69 Å². The maximum atomic E-state index is 13.1. The molecule has 0 aromatic heterocycles. The summed E-state index contributed by atoms with van der Waals surface area (Å²) in [6.07, 6.45) is -0.0409. The quantitative estimate of drug-likeness (QED) is 0.618. The van der Waals surface area contributed by atoms with Crippen LogP contribution in [0.1, 0.15) is 46.6 Å². The average Bonchev–Trinajstić information content (AvgIpc) is 2.76. The number of imide groups is 1. The van der Waals surface area contributed by atoms with Crippen molar-refractivity contribution in [3.63, 3.8) is 0 Å². The Bertz CT molecular complexity index is 836. The van der Waals surface area contributed by atoms with Gasteiger partial charge in [-0.3, -0.25) is 24.1 Å². The number of ether oxygens (including phenoxy) is 1. The van der Waals surface area contributed by atoms with Gasteiger partial charge in [-0.25, -0.2) is 0 Å². The number of Topliss-reactive ketones (excluding diaryl/α,β-unsaturated/α-hetero) is 1. The van der Waals surface area contributed by atoms with Gasteiger partial charge in [-0.15, -0.1) is 0 Å². The molecule has 1 heterocycles. The smallest absolute Gasteiger partial charge is 0.255 e. The highest BCUT2D eigenvalue weighted by Crippen LogP contribution is 2.35. The summed E-state index contributed by atoms with van der Waals surface area (Å²) in [5.41, 5.74) is -0.623. The van der Waals surface area contributed by atoms with Gasteiger partial charge in [-0.05, 0) is 24.6 Å². The van der Waals surface area contributed by atoms with Crippen molar-refractivity contribution in [1.82, 2.24) is 4.90 Å². The molecule has 1 atom stereocenters. The van der Waals surface area contributed by atoms with Gasteiger partial charge in [0, 0.05) is 11.8 Å². The number of nitrogens with zero attached hydrogens (tertiary/aromatic N) is 1. The predicted molar refractivity (Wildman–Crippen MR) is 105 cm³/mol. The third-order valence-electron chi connectivity index (χ3n) is 4.77. The minimum atomic E-state index is -1.54. The minimum absolute atomic E-state index is 0.0409. The molecule has 3 amide bonds. The number of amides is 3. The van der Waals surface area contributed by atoms with E-state index in [1.807, 2.05) is 13.0 Å². The Morgan fingerprint density at radius 1 is 1.21 bits per heavy atom. The summed E-state index contributed by atoms with van der Waals surface area (Å²) in [6, 6.07) is 3.68. The third kappa shape index (κ3) is 4.08. The van der Waals surface area contributed by atoms with Crippen LogP contribution in [0.5, 0.6) is 5.75 Å². The molecule has 1 N–H and O–H groups in total. The Hall–Kier alpha value is -2.70. The number of methoxy groups -OCH3 is 1. The van der Waals surface area contributed by atoms with E-state index in [-0.39, 0.29) is 6.42 Å². The molecular formula is C21H28N2O5. The first kappa shape index (κ1) is 21.6. The second-order valence-electron chi connectivity index (χ2n) is 8.84. The van der Waals surface area contributed by atoms with Crippen LogP contribution in [-0.4, -0.2) is 41.6 Å². The van der Waals surface area contributed by atoms with Gasteiger partial charge in [0.15, 0.2) is 11.8 Å². The fourth-order valence-electron chi connectivity index (χ4n) is 3.12. The summed E-state index contributed by atoms with van der Waals surface area (Å²) < 4.78 is 5.26. The Kier molecular flexibility index (Phi) is 5.69. The molecular weight excluding hydrogens is 360 g/mol. The van der Waals surface area contributed by atoms with E-state index in [2.05, 4.69) is 5.32 Å². The van der Waals surface area contributed by atoms with Gasteiger partial charge >= 0.3 is 0 Å². The first-order valence-electron chi connectivity index (χ1n) is 9.16. The van der Waals surface area contributed by atoms with Gasteiger partial charge < -0.3 is 10.1 Å². The van der Waals surface area contributed by atoms with Gasteiger partial charge in [0.2, 0.25) is 11.8 Å². The highest BCUT2D eigenvalue weighted by molar-refractivity contribution is 6.19. The molecule has 0 radical (unpaired) electrons. The summed E-state index contributed by atoms with van der Waals surface area (Å²) in [4.78, 5) is 52.4. The van der Waals surface area contributed by atoms with E-state index < -0.39 is 40.4 Å². The number of benzene rings is 1. The molecule has 152 valence electrons. The Morgan fingerprint density at radius 3 is 2.29 bits per heavy atom. The van der Waals surface area contributed by atoms with Gasteiger partial charge in [0.1, 0.15) is 5.75 Å². The molecule has 0 bridgehead atoms. The van der Waals surface area contributed by atoms with Crippen molar-refractivity contribution in [3.05, 3.63) is 23.8 Å². The van der Waals surface area contributed by atoms with Crippen LogP contribution in [-0.2, 0) is 19.2 Å². The van der Waals surface area contributed by atoms with E-state index in [0.717, 1.165) is 10.5 Å². The summed E-state index contributed by atoms with van der Waals surface area (Å²) >= 11 is 0. The van der Waals surface area contributed by atoms with Crippen LogP contribution < -0.4 is 10.1 Å². The molecule has 1 aromatic rings. The number of carbonyl (C=O) groups is 4. The molecule has 1 saturated heterocycles. The number of aryl methyl sites for hydroxylation is 1. The maximum Gasteiger partial charge on any atom is 0.255 e. The summed E-state index contributed by atoms with van der Waals surface area (Å²) in [5, 5.41) is 2.67. The lowest BCUT2D eigenvalue weighted by atomic mass is 9.85. The molecule has 0 aliphatic carbocycles. The van der Waals surface area contributed by atoms with E-state index in [0.29, 0.717) is 11.4 Å². The molecule has 1 aliphatic heterocycles. The van der Waals surface area contributed by atoms with Crippen molar-refractivity contribution in [2.45, 2.75) is 54.0 Å². The van der Waals surface area contributed by atoms with Crippen molar-refractivity contribution in [3.8, 4) is 5.75 Å². The van der Waals surface area contributed by atoms with Gasteiger partial charge in [0.05, 0.1) is 18.2 Å². The Balaban J connectivity index is 2.47. The van der Waals surface area contributed by atoms with Gasteiger partial charge in [-0.1, -0.05) is 40.7 Å². The predicted octanol–water partition coefficient (Wildman–Crippen LogP) is 2.71. The molecule has 0 spiro atoms. The number of ketones is 1. The van der Waals surface area contributed by atoms with E-state index in [1.165, 1.54) is 7.11 Å². The van der Waals surface area contributed by atoms with Crippen LogP contribution in [0.25, 0.3) is 0 Å². The lowest BCUT2D eigenvalue weighted by Crippen LogP contribution is -2.55. The van der Waals surface area contributed by atoms with E-state index in [9.17, 15) is 19.2 Å². The summed E-state index contributed by atoms with van der Waals surface area (Å²) in [5.74, 6) is -1.87. The first-order chi connectivity index (χ1) is 12.8. The molecule has 1 unspecified atom stereocenters. The minimum Gasteiger partial charge on any atom is -0.495 e. The standard InChI is InChI=1S/C21H28N2O5/c1-12-8-9-14(28-7)13(10-12)22-18(26)16(17(25)20(2,3)4)23-15(24)11-21(5,6)19(23)27/h8-10,16H,11H2,1-7H3,(H,22,26). The topological polar surface area (TPSA) is 92.8 Å². The molecule has 7 nitrogen and oxygen atoms in total. The summed E-state index contributed by atoms with van der Waals surface area (Å²) in [6.45, 7) is 10.1. The van der Waals surface area contributed by atoms with Crippen LogP contribution in [0.15, 0.2) is 18.2 Å². The molecule has 28 heavy (non-hydrogen) atoms. The molecule has 1 aromatic carbocycles. The van der Waals surface area contributed by atoms with Crippen LogP contribution in [0, 0.1) is 17.8 Å². The van der Waals surface area contributed by atoms with E-state index in [1.54, 1.807) is 46.8 Å². The number of nitrogens with one attached hydrogen (secondary N) is 1. The van der Waals surface area contributed by atoms with E-state index in [4.69, 9.17) is 4.74 Å². The van der Waals surface area contributed by atoms with Gasteiger partial charge in [-0.2, -0.15) is 0 Å². The Labute approximate surface area is 165 Å². The number of likely N-dealkylation sites (tertiary alicyclic amines) is 1. The second kappa shape index (κ2) is 7.37. The third-order valence-corrected chi connectivity index (χ3v) is 4.77. The second-order valence-corrected chi connectivity index (χ2v) is 8.84. The fraction of sp³-hybridized carbons (Fsp3) is 0.524. The normalized spacial score (nSPS) is 17.5. The SMILES string of the molecule is COc1ccc(C)cc1NC(=O)C(C(=O)C(C)(C)C)N1C(=O)CC(C)(C)C1=O. The highest BCUT2D eigenvalue weighted by atomic mass is 16.5. The van der Waals surface area contributed by atoms with Crippen molar-refractivity contribution in [1.29, 1.82) is 0 Å². The number of hydrogen-bond acceptors (Lipinski definition) is 5. The lowest BCUT2D eigenvalue weighted by molar-refractivity contribution is -0.153. The van der Waals surface area contributed by atoms with Gasteiger partial charge in [0.25, 0.3) is 5.91 Å². The highest BCUT2D eigenvalue weighted by Gasteiger charge is 2.53. The monoisotopic (exact) mass is 388 g/mol. The fourth-order valence-corrected chi connectivity index (χ4v) is 3.12. The summed E-state index contributed by atoms with van der Waals surface area (Å²) in [7, 11) is 1.47.